The summed E-state index contributed by atoms with van der Waals surface area (Å²) in [5, 5.41) is 19.4. The zero-order valence-corrected chi connectivity index (χ0v) is 10.2. The molecule has 0 radical (unpaired) electrons. The number of piperidine rings is 1. The molecule has 2 N–H and O–H groups in total. The van der Waals surface area contributed by atoms with Gasteiger partial charge >= 0.3 is 0 Å². The number of aliphatic hydroxyl groups excluding tert-OH is 1. The van der Waals surface area contributed by atoms with Gasteiger partial charge in [0.15, 0.2) is 0 Å². The lowest BCUT2D eigenvalue weighted by Gasteiger charge is -2.36. The molecule has 0 amide bonds. The van der Waals surface area contributed by atoms with Gasteiger partial charge in [-0.2, -0.15) is 0 Å². The molecule has 1 aliphatic rings. The summed E-state index contributed by atoms with van der Waals surface area (Å²) in [6.07, 6.45) is 2.61. The van der Waals surface area contributed by atoms with Crippen LogP contribution >= 0.6 is 0 Å². The van der Waals surface area contributed by atoms with Gasteiger partial charge in [-0.3, -0.25) is 0 Å². The molecule has 90 valence electrons. The van der Waals surface area contributed by atoms with E-state index in [0.29, 0.717) is 5.92 Å². The molecule has 2 unspecified atom stereocenters. The highest BCUT2D eigenvalue weighted by Gasteiger charge is 2.26. The van der Waals surface area contributed by atoms with Crippen LogP contribution in [-0.2, 0) is 0 Å². The second-order valence-electron chi connectivity index (χ2n) is 5.39. The lowest BCUT2D eigenvalue weighted by atomic mass is 9.92. The zero-order chi connectivity index (χ0) is 11.5. The lowest BCUT2D eigenvalue weighted by Crippen LogP contribution is -2.44. The predicted octanol–water partition coefficient (Wildman–Crippen LogP) is 1.24. The minimum Gasteiger partial charge on any atom is -0.393 e. The third-order valence-corrected chi connectivity index (χ3v) is 3.34. The van der Waals surface area contributed by atoms with Crippen molar-refractivity contribution >= 4 is 0 Å². The van der Waals surface area contributed by atoms with Crippen LogP contribution in [0.1, 0.15) is 40.0 Å². The van der Waals surface area contributed by atoms with Crippen LogP contribution in [0.4, 0.5) is 0 Å². The Morgan fingerprint density at radius 3 is 2.60 bits per heavy atom. The van der Waals surface area contributed by atoms with Gasteiger partial charge in [0.05, 0.1) is 11.7 Å². The van der Waals surface area contributed by atoms with Crippen molar-refractivity contribution in [3.8, 4) is 0 Å². The molecule has 0 aromatic heterocycles. The Morgan fingerprint density at radius 2 is 2.07 bits per heavy atom. The first-order valence-electron chi connectivity index (χ1n) is 6.05. The van der Waals surface area contributed by atoms with Gasteiger partial charge < -0.3 is 15.1 Å². The van der Waals surface area contributed by atoms with Crippen molar-refractivity contribution in [1.29, 1.82) is 0 Å². The number of nitrogens with zero attached hydrogens (tertiary/aromatic N) is 1. The van der Waals surface area contributed by atoms with Crippen molar-refractivity contribution in [2.45, 2.75) is 51.7 Å². The summed E-state index contributed by atoms with van der Waals surface area (Å²) >= 11 is 0. The summed E-state index contributed by atoms with van der Waals surface area (Å²) in [4.78, 5) is 2.36. The van der Waals surface area contributed by atoms with Crippen LogP contribution in [0.25, 0.3) is 0 Å². The lowest BCUT2D eigenvalue weighted by molar-refractivity contribution is 0.00877. The first kappa shape index (κ1) is 12.9. The molecule has 0 aliphatic carbocycles. The Morgan fingerprint density at radius 1 is 1.40 bits per heavy atom. The maximum absolute atomic E-state index is 9.74. The minimum atomic E-state index is -0.572. The van der Waals surface area contributed by atoms with Crippen molar-refractivity contribution in [3.63, 3.8) is 0 Å². The molecule has 1 heterocycles. The van der Waals surface area contributed by atoms with Crippen molar-refractivity contribution in [1.82, 2.24) is 4.90 Å². The maximum atomic E-state index is 9.74. The smallest absolute Gasteiger partial charge is 0.0603 e. The van der Waals surface area contributed by atoms with E-state index in [9.17, 15) is 10.2 Å². The average molecular weight is 215 g/mol. The number of hydrogen-bond donors (Lipinski definition) is 2. The van der Waals surface area contributed by atoms with Crippen molar-refractivity contribution in [2.75, 3.05) is 19.6 Å². The molecule has 1 fully saturated rings. The van der Waals surface area contributed by atoms with Crippen LogP contribution in [0, 0.1) is 5.92 Å². The molecule has 0 aromatic rings. The van der Waals surface area contributed by atoms with E-state index < -0.39 is 5.60 Å². The fourth-order valence-corrected chi connectivity index (χ4v) is 2.13. The topological polar surface area (TPSA) is 43.7 Å². The van der Waals surface area contributed by atoms with E-state index in [-0.39, 0.29) is 6.10 Å². The molecule has 3 heteroatoms. The molecule has 15 heavy (non-hydrogen) atoms. The average Bonchev–Trinajstić information content (AvgIpc) is 2.15. The third kappa shape index (κ3) is 4.49. The molecule has 0 aromatic carbocycles. The predicted molar refractivity (Wildman–Crippen MR) is 61.8 cm³/mol. The quantitative estimate of drug-likeness (QED) is 0.741. The third-order valence-electron chi connectivity index (χ3n) is 3.34. The molecular formula is C12H25NO2. The zero-order valence-electron chi connectivity index (χ0n) is 10.2. The first-order valence-corrected chi connectivity index (χ1v) is 6.05. The molecule has 1 rings (SSSR count). The van der Waals surface area contributed by atoms with Crippen LogP contribution in [0.15, 0.2) is 0 Å². The summed E-state index contributed by atoms with van der Waals surface area (Å²) in [6, 6.07) is 0. The van der Waals surface area contributed by atoms with Crippen LogP contribution in [0.2, 0.25) is 0 Å². The normalized spacial score (nSPS) is 29.4. The highest BCUT2D eigenvalue weighted by molar-refractivity contribution is 4.80. The van der Waals surface area contributed by atoms with Gasteiger partial charge in [-0.05, 0) is 39.0 Å². The fraction of sp³-hybridized carbons (Fsp3) is 1.00. The van der Waals surface area contributed by atoms with Gasteiger partial charge in [-0.15, -0.1) is 0 Å². The Labute approximate surface area is 93.1 Å². The highest BCUT2D eigenvalue weighted by Crippen LogP contribution is 2.21. The molecule has 0 spiro atoms. The van der Waals surface area contributed by atoms with Gasteiger partial charge in [-0.1, -0.05) is 6.92 Å². The van der Waals surface area contributed by atoms with Crippen molar-refractivity contribution < 1.29 is 10.2 Å². The molecule has 2 atom stereocenters. The summed E-state index contributed by atoms with van der Waals surface area (Å²) < 4.78 is 0. The van der Waals surface area contributed by atoms with E-state index in [2.05, 4.69) is 11.8 Å². The Hall–Kier alpha value is -0.120. The fourth-order valence-electron chi connectivity index (χ4n) is 2.13. The van der Waals surface area contributed by atoms with Gasteiger partial charge in [0.2, 0.25) is 0 Å². The van der Waals surface area contributed by atoms with E-state index in [0.717, 1.165) is 38.9 Å². The van der Waals surface area contributed by atoms with Crippen LogP contribution in [0.5, 0.6) is 0 Å². The number of hydrogen-bond acceptors (Lipinski definition) is 3. The van der Waals surface area contributed by atoms with E-state index in [4.69, 9.17) is 0 Å². The van der Waals surface area contributed by atoms with Gasteiger partial charge in [0.1, 0.15) is 0 Å². The SMILES string of the molecule is CCC1CN(CCC(C)(C)O)CCC1O. The summed E-state index contributed by atoms with van der Waals surface area (Å²) in [5.74, 6) is 0.417. The molecule has 0 bridgehead atoms. The standard InChI is InChI=1S/C12H25NO2/c1-4-10-9-13(7-5-11(10)14)8-6-12(2,3)15/h10-11,14-15H,4-9H2,1-3H3. The molecule has 1 saturated heterocycles. The van der Waals surface area contributed by atoms with E-state index >= 15 is 0 Å². The molecule has 1 aliphatic heterocycles. The number of aliphatic hydroxyl groups is 2. The minimum absolute atomic E-state index is 0.117. The van der Waals surface area contributed by atoms with Crippen LogP contribution < -0.4 is 0 Å². The molecule has 0 saturated carbocycles. The van der Waals surface area contributed by atoms with Gasteiger partial charge in [0, 0.05) is 19.6 Å². The highest BCUT2D eigenvalue weighted by atomic mass is 16.3. The number of rotatable bonds is 4. The van der Waals surface area contributed by atoms with Crippen LogP contribution in [-0.4, -0.2) is 46.5 Å². The summed E-state index contributed by atoms with van der Waals surface area (Å²) in [6.45, 7) is 8.72. The first-order chi connectivity index (χ1) is 6.92. The molecule has 3 nitrogen and oxygen atoms in total. The maximum Gasteiger partial charge on any atom is 0.0603 e. The monoisotopic (exact) mass is 215 g/mol. The van der Waals surface area contributed by atoms with Crippen molar-refractivity contribution in [2.24, 2.45) is 5.92 Å². The van der Waals surface area contributed by atoms with Crippen LogP contribution in [0.3, 0.4) is 0 Å². The van der Waals surface area contributed by atoms with E-state index in [1.165, 1.54) is 0 Å². The Balaban J connectivity index is 2.32. The van der Waals surface area contributed by atoms with Gasteiger partial charge in [0.25, 0.3) is 0 Å². The molecular weight excluding hydrogens is 190 g/mol. The van der Waals surface area contributed by atoms with Gasteiger partial charge in [-0.25, -0.2) is 0 Å². The van der Waals surface area contributed by atoms with Crippen molar-refractivity contribution in [3.05, 3.63) is 0 Å². The second kappa shape index (κ2) is 5.28. The largest absolute Gasteiger partial charge is 0.393 e. The van der Waals surface area contributed by atoms with E-state index in [1.807, 2.05) is 13.8 Å². The number of likely N-dealkylation sites (tertiary alicyclic amines) is 1. The summed E-state index contributed by atoms with van der Waals surface area (Å²) in [7, 11) is 0. The summed E-state index contributed by atoms with van der Waals surface area (Å²) in [5.41, 5.74) is -0.572. The van der Waals surface area contributed by atoms with E-state index in [1.54, 1.807) is 0 Å². The Kier molecular flexibility index (Phi) is 4.56. The Bertz CT molecular complexity index is 189. The second-order valence-corrected chi connectivity index (χ2v) is 5.39.